The fraction of sp³-hybridized carbons (Fsp3) is 0.294. The minimum atomic E-state index is 0.909. The van der Waals surface area contributed by atoms with Gasteiger partial charge in [0, 0.05) is 41.6 Å². The molecule has 3 aromatic rings. The van der Waals surface area contributed by atoms with E-state index in [0.717, 1.165) is 25.4 Å². The summed E-state index contributed by atoms with van der Waals surface area (Å²) in [5.74, 6) is 0.909. The van der Waals surface area contributed by atoms with E-state index in [1.54, 1.807) is 7.11 Å². The summed E-state index contributed by atoms with van der Waals surface area (Å²) in [6.07, 6.45) is 2.14. The Hall–Kier alpha value is -1.78. The van der Waals surface area contributed by atoms with Crippen molar-refractivity contribution in [1.29, 1.82) is 0 Å². The Morgan fingerprint density at radius 3 is 2.90 bits per heavy atom. The van der Waals surface area contributed by atoms with Gasteiger partial charge in [0.1, 0.15) is 5.75 Å². The minimum Gasteiger partial charge on any atom is -0.497 e. The molecule has 0 spiro atoms. The largest absolute Gasteiger partial charge is 0.497 e. The molecule has 1 N–H and O–H groups in total. The lowest BCUT2D eigenvalue weighted by Gasteiger charge is -2.08. The molecule has 0 fully saturated rings. The van der Waals surface area contributed by atoms with Gasteiger partial charge in [-0.1, -0.05) is 0 Å². The van der Waals surface area contributed by atoms with Gasteiger partial charge in [-0.3, -0.25) is 0 Å². The molecule has 110 valence electrons. The number of fused-ring (bicyclic) bond motifs is 1. The Balaban J connectivity index is 1.59. The Labute approximate surface area is 129 Å². The van der Waals surface area contributed by atoms with Gasteiger partial charge in [0.05, 0.1) is 7.11 Å². The van der Waals surface area contributed by atoms with Gasteiger partial charge in [-0.05, 0) is 48.2 Å². The average molecular weight is 300 g/mol. The molecule has 0 saturated heterocycles. The van der Waals surface area contributed by atoms with Crippen LogP contribution in [-0.4, -0.2) is 18.2 Å². The number of nitrogens with zero attached hydrogens (tertiary/aromatic N) is 1. The molecule has 3 nitrogen and oxygen atoms in total. The van der Waals surface area contributed by atoms with Crippen molar-refractivity contribution in [2.45, 2.75) is 20.0 Å². The standard InChI is InChI=1S/C17H20N2OS/c1-13-6-10-21-17(13)12-18-7-9-19-8-5-14-11-15(20-2)3-4-16(14)19/h3-6,8,10-11,18H,7,9,12H2,1-2H3. The van der Waals surface area contributed by atoms with Crippen LogP contribution in [0.4, 0.5) is 0 Å². The average Bonchev–Trinajstić information content (AvgIpc) is 3.09. The van der Waals surface area contributed by atoms with Crippen LogP contribution >= 0.6 is 11.3 Å². The second kappa shape index (κ2) is 6.33. The molecule has 0 amide bonds. The Bertz CT molecular complexity index is 729. The van der Waals surface area contributed by atoms with Crippen LogP contribution < -0.4 is 10.1 Å². The topological polar surface area (TPSA) is 26.2 Å². The van der Waals surface area contributed by atoms with Gasteiger partial charge >= 0.3 is 0 Å². The monoisotopic (exact) mass is 300 g/mol. The second-order valence-corrected chi connectivity index (χ2v) is 6.14. The number of thiophene rings is 1. The molecule has 21 heavy (non-hydrogen) atoms. The van der Waals surface area contributed by atoms with Gasteiger partial charge in [0.2, 0.25) is 0 Å². The van der Waals surface area contributed by atoms with Crippen molar-refractivity contribution < 1.29 is 4.74 Å². The summed E-state index contributed by atoms with van der Waals surface area (Å²) >= 11 is 1.82. The quantitative estimate of drug-likeness (QED) is 0.701. The van der Waals surface area contributed by atoms with Crippen molar-refractivity contribution in [3.63, 3.8) is 0 Å². The molecule has 0 saturated carbocycles. The van der Waals surface area contributed by atoms with Crippen LogP contribution in [-0.2, 0) is 13.1 Å². The lowest BCUT2D eigenvalue weighted by atomic mass is 10.2. The second-order valence-electron chi connectivity index (χ2n) is 5.14. The summed E-state index contributed by atoms with van der Waals surface area (Å²) < 4.78 is 7.54. The summed E-state index contributed by atoms with van der Waals surface area (Å²) in [6.45, 7) is 5.06. The number of benzene rings is 1. The van der Waals surface area contributed by atoms with E-state index in [1.165, 1.54) is 21.3 Å². The van der Waals surface area contributed by atoms with E-state index in [1.807, 2.05) is 17.4 Å². The Morgan fingerprint density at radius 2 is 2.14 bits per heavy atom. The molecule has 0 bridgehead atoms. The highest BCUT2D eigenvalue weighted by atomic mass is 32.1. The molecule has 0 aliphatic heterocycles. The third-order valence-corrected chi connectivity index (χ3v) is 4.78. The highest BCUT2D eigenvalue weighted by molar-refractivity contribution is 7.10. The van der Waals surface area contributed by atoms with Crippen molar-refractivity contribution >= 4 is 22.2 Å². The number of aromatic nitrogens is 1. The molecule has 0 atom stereocenters. The maximum absolute atomic E-state index is 5.26. The SMILES string of the molecule is COc1ccc2c(ccn2CCNCc2sccc2C)c1. The lowest BCUT2D eigenvalue weighted by Crippen LogP contribution is -2.19. The van der Waals surface area contributed by atoms with E-state index in [0.29, 0.717) is 0 Å². The van der Waals surface area contributed by atoms with Gasteiger partial charge in [0.15, 0.2) is 0 Å². The molecule has 1 aromatic carbocycles. The number of rotatable bonds is 6. The third kappa shape index (κ3) is 3.12. The fourth-order valence-electron chi connectivity index (χ4n) is 2.49. The van der Waals surface area contributed by atoms with E-state index in [2.05, 4.69) is 52.7 Å². The Morgan fingerprint density at radius 1 is 1.24 bits per heavy atom. The first kappa shape index (κ1) is 14.2. The summed E-state index contributed by atoms with van der Waals surface area (Å²) in [4.78, 5) is 1.43. The molecule has 0 unspecified atom stereocenters. The summed E-state index contributed by atoms with van der Waals surface area (Å²) in [6, 6.07) is 10.5. The van der Waals surface area contributed by atoms with E-state index in [-0.39, 0.29) is 0 Å². The van der Waals surface area contributed by atoms with Crippen LogP contribution in [0.5, 0.6) is 5.75 Å². The van der Waals surface area contributed by atoms with E-state index in [9.17, 15) is 0 Å². The van der Waals surface area contributed by atoms with Crippen LogP contribution in [0.1, 0.15) is 10.4 Å². The van der Waals surface area contributed by atoms with Crippen molar-refractivity contribution in [2.24, 2.45) is 0 Å². The van der Waals surface area contributed by atoms with E-state index in [4.69, 9.17) is 4.74 Å². The van der Waals surface area contributed by atoms with Crippen LogP contribution in [0.3, 0.4) is 0 Å². The van der Waals surface area contributed by atoms with Gasteiger partial charge in [-0.2, -0.15) is 0 Å². The number of ether oxygens (including phenoxy) is 1. The van der Waals surface area contributed by atoms with Crippen molar-refractivity contribution in [1.82, 2.24) is 9.88 Å². The molecule has 0 radical (unpaired) electrons. The summed E-state index contributed by atoms with van der Waals surface area (Å²) in [5.41, 5.74) is 2.64. The van der Waals surface area contributed by atoms with Crippen molar-refractivity contribution in [3.05, 3.63) is 52.3 Å². The number of aryl methyl sites for hydroxylation is 1. The fourth-order valence-corrected chi connectivity index (χ4v) is 3.36. The van der Waals surface area contributed by atoms with Crippen LogP contribution in [0.25, 0.3) is 10.9 Å². The predicted octanol–water partition coefficient (Wildman–Crippen LogP) is 3.81. The van der Waals surface area contributed by atoms with Gasteiger partial charge in [0.25, 0.3) is 0 Å². The maximum Gasteiger partial charge on any atom is 0.119 e. The lowest BCUT2D eigenvalue weighted by molar-refractivity contribution is 0.415. The molecule has 4 heteroatoms. The molecule has 2 aromatic heterocycles. The molecule has 3 rings (SSSR count). The molecular weight excluding hydrogens is 280 g/mol. The van der Waals surface area contributed by atoms with E-state index >= 15 is 0 Å². The smallest absolute Gasteiger partial charge is 0.119 e. The first-order valence-electron chi connectivity index (χ1n) is 7.14. The van der Waals surface area contributed by atoms with Crippen LogP contribution in [0, 0.1) is 6.92 Å². The first-order valence-corrected chi connectivity index (χ1v) is 8.02. The van der Waals surface area contributed by atoms with Crippen molar-refractivity contribution in [3.8, 4) is 5.75 Å². The third-order valence-electron chi connectivity index (χ3n) is 3.76. The normalized spacial score (nSPS) is 11.1. The zero-order valence-corrected chi connectivity index (χ0v) is 13.2. The number of nitrogens with one attached hydrogen (secondary N) is 1. The number of hydrogen-bond acceptors (Lipinski definition) is 3. The van der Waals surface area contributed by atoms with Gasteiger partial charge < -0.3 is 14.6 Å². The van der Waals surface area contributed by atoms with Gasteiger partial charge in [-0.15, -0.1) is 11.3 Å². The molecular formula is C17H20N2OS. The van der Waals surface area contributed by atoms with Crippen LogP contribution in [0.2, 0.25) is 0 Å². The predicted molar refractivity (Wildman–Crippen MR) is 89.3 cm³/mol. The molecule has 2 heterocycles. The Kier molecular flexibility index (Phi) is 4.27. The zero-order chi connectivity index (χ0) is 14.7. The summed E-state index contributed by atoms with van der Waals surface area (Å²) in [7, 11) is 1.70. The maximum atomic E-state index is 5.26. The summed E-state index contributed by atoms with van der Waals surface area (Å²) in [5, 5.41) is 6.90. The van der Waals surface area contributed by atoms with Crippen molar-refractivity contribution in [2.75, 3.05) is 13.7 Å². The molecule has 0 aliphatic rings. The van der Waals surface area contributed by atoms with Crippen LogP contribution in [0.15, 0.2) is 41.9 Å². The van der Waals surface area contributed by atoms with E-state index < -0.39 is 0 Å². The molecule has 0 aliphatic carbocycles. The van der Waals surface area contributed by atoms with Gasteiger partial charge in [-0.25, -0.2) is 0 Å². The highest BCUT2D eigenvalue weighted by Crippen LogP contribution is 2.21. The minimum absolute atomic E-state index is 0.909. The zero-order valence-electron chi connectivity index (χ0n) is 12.4. The highest BCUT2D eigenvalue weighted by Gasteiger charge is 2.03. The number of hydrogen-bond donors (Lipinski definition) is 1. The number of methoxy groups -OCH3 is 1. The first-order chi connectivity index (χ1) is 10.3.